The summed E-state index contributed by atoms with van der Waals surface area (Å²) in [4.78, 5) is 42.2. The summed E-state index contributed by atoms with van der Waals surface area (Å²) in [5, 5.41) is 0.621. The molecule has 1 aliphatic heterocycles. The van der Waals surface area contributed by atoms with Crippen molar-refractivity contribution in [2.45, 2.75) is 26.2 Å². The monoisotopic (exact) mass is 436 g/mol. The maximum Gasteiger partial charge on any atom is 0.379 e. The van der Waals surface area contributed by atoms with Crippen molar-refractivity contribution in [3.8, 4) is 0 Å². The SMILES string of the molecule is COC(=O)C(=O)c1ccc2[nH]c(C)c(C(=O)N3CCC(Cc4ccc(F)cc4)CC3)c2c1. The van der Waals surface area contributed by atoms with Gasteiger partial charge in [0, 0.05) is 35.2 Å². The zero-order valence-electron chi connectivity index (χ0n) is 18.1. The molecule has 0 atom stereocenters. The van der Waals surface area contributed by atoms with Crippen LogP contribution >= 0.6 is 0 Å². The van der Waals surface area contributed by atoms with Gasteiger partial charge in [0.1, 0.15) is 5.82 Å². The summed E-state index contributed by atoms with van der Waals surface area (Å²) in [7, 11) is 1.16. The molecular formula is C25H25FN2O4. The zero-order chi connectivity index (χ0) is 22.8. The molecule has 6 nitrogen and oxygen atoms in total. The summed E-state index contributed by atoms with van der Waals surface area (Å²) in [5.41, 5.74) is 3.28. The van der Waals surface area contributed by atoms with Gasteiger partial charge < -0.3 is 14.6 Å². The third kappa shape index (κ3) is 4.28. The molecule has 0 radical (unpaired) electrons. The molecule has 2 heterocycles. The number of carbonyl (C=O) groups excluding carboxylic acids is 3. The number of H-pyrrole nitrogens is 1. The second-order valence-corrected chi connectivity index (χ2v) is 8.27. The Balaban J connectivity index is 1.50. The van der Waals surface area contributed by atoms with E-state index >= 15 is 0 Å². The Morgan fingerprint density at radius 3 is 2.44 bits per heavy atom. The Labute approximate surface area is 185 Å². The van der Waals surface area contributed by atoms with Crippen molar-refractivity contribution < 1.29 is 23.5 Å². The molecule has 32 heavy (non-hydrogen) atoms. The van der Waals surface area contributed by atoms with Crippen LogP contribution in [0.5, 0.6) is 0 Å². The van der Waals surface area contributed by atoms with E-state index in [1.54, 1.807) is 18.2 Å². The van der Waals surface area contributed by atoms with Gasteiger partial charge in [-0.2, -0.15) is 0 Å². The van der Waals surface area contributed by atoms with E-state index < -0.39 is 11.8 Å². The first-order chi connectivity index (χ1) is 15.4. The molecule has 0 saturated carbocycles. The summed E-state index contributed by atoms with van der Waals surface area (Å²) < 4.78 is 17.6. The highest BCUT2D eigenvalue weighted by Crippen LogP contribution is 2.28. The Morgan fingerprint density at radius 2 is 1.78 bits per heavy atom. The van der Waals surface area contributed by atoms with Crippen molar-refractivity contribution in [3.05, 3.63) is 70.7 Å². The van der Waals surface area contributed by atoms with Gasteiger partial charge in [-0.3, -0.25) is 9.59 Å². The normalized spacial score (nSPS) is 14.5. The minimum Gasteiger partial charge on any atom is -0.463 e. The number of aromatic nitrogens is 1. The van der Waals surface area contributed by atoms with Crippen molar-refractivity contribution >= 4 is 28.6 Å². The van der Waals surface area contributed by atoms with Crippen LogP contribution < -0.4 is 0 Å². The van der Waals surface area contributed by atoms with Crippen LogP contribution in [0.1, 0.15) is 44.8 Å². The highest BCUT2D eigenvalue weighted by atomic mass is 19.1. The number of aryl methyl sites for hydroxylation is 1. The van der Waals surface area contributed by atoms with E-state index in [9.17, 15) is 18.8 Å². The number of nitrogens with one attached hydrogen (secondary N) is 1. The summed E-state index contributed by atoms with van der Waals surface area (Å²) in [6, 6.07) is 11.4. The van der Waals surface area contributed by atoms with Crippen molar-refractivity contribution in [1.29, 1.82) is 0 Å². The van der Waals surface area contributed by atoms with Crippen molar-refractivity contribution in [1.82, 2.24) is 9.88 Å². The summed E-state index contributed by atoms with van der Waals surface area (Å²) >= 11 is 0. The fourth-order valence-electron chi connectivity index (χ4n) is 4.41. The zero-order valence-corrected chi connectivity index (χ0v) is 18.1. The summed E-state index contributed by atoms with van der Waals surface area (Å²) in [5.74, 6) is -1.56. The molecule has 2 aromatic carbocycles. The second kappa shape index (κ2) is 8.94. The average Bonchev–Trinajstić information content (AvgIpc) is 3.14. The van der Waals surface area contributed by atoms with Gasteiger partial charge in [0.25, 0.3) is 11.7 Å². The number of fused-ring (bicyclic) bond motifs is 1. The van der Waals surface area contributed by atoms with E-state index in [4.69, 9.17) is 0 Å². The van der Waals surface area contributed by atoms with Gasteiger partial charge in [-0.25, -0.2) is 9.18 Å². The number of hydrogen-bond donors (Lipinski definition) is 1. The van der Waals surface area contributed by atoms with Gasteiger partial charge in [0.15, 0.2) is 0 Å². The first kappa shape index (κ1) is 21.7. The van der Waals surface area contributed by atoms with E-state index in [2.05, 4.69) is 9.72 Å². The largest absolute Gasteiger partial charge is 0.463 e. The Bertz CT molecular complexity index is 1170. The van der Waals surface area contributed by atoms with Gasteiger partial charge in [0.2, 0.25) is 0 Å². The number of carbonyl (C=O) groups is 3. The van der Waals surface area contributed by atoms with Crippen LogP contribution in [-0.4, -0.2) is 47.7 Å². The molecule has 1 aromatic heterocycles. The van der Waals surface area contributed by atoms with E-state index in [0.717, 1.165) is 43.1 Å². The fourth-order valence-corrected chi connectivity index (χ4v) is 4.41. The number of esters is 1. The maximum absolute atomic E-state index is 13.4. The molecule has 1 fully saturated rings. The number of rotatable bonds is 5. The lowest BCUT2D eigenvalue weighted by Gasteiger charge is -2.32. The Morgan fingerprint density at radius 1 is 1.09 bits per heavy atom. The molecule has 0 aliphatic carbocycles. The number of piperidine rings is 1. The number of Topliss-reactive ketones (excluding diaryl/α,β-unsaturated/α-hetero) is 1. The van der Waals surface area contributed by atoms with Crippen LogP contribution in [0, 0.1) is 18.7 Å². The van der Waals surface area contributed by atoms with E-state index in [1.807, 2.05) is 24.0 Å². The van der Waals surface area contributed by atoms with Crippen LogP contribution in [0.2, 0.25) is 0 Å². The number of ketones is 1. The number of methoxy groups -OCH3 is 1. The number of halogens is 1. The van der Waals surface area contributed by atoms with E-state index in [0.29, 0.717) is 30.0 Å². The van der Waals surface area contributed by atoms with Crippen molar-refractivity contribution in [3.63, 3.8) is 0 Å². The number of likely N-dealkylation sites (tertiary alicyclic amines) is 1. The first-order valence-electron chi connectivity index (χ1n) is 10.7. The van der Waals surface area contributed by atoms with Crippen LogP contribution in [0.4, 0.5) is 4.39 Å². The molecule has 7 heteroatoms. The fraction of sp³-hybridized carbons (Fsp3) is 0.320. The van der Waals surface area contributed by atoms with Crippen LogP contribution in [0.3, 0.4) is 0 Å². The molecule has 1 aliphatic rings. The molecule has 1 amide bonds. The molecule has 0 spiro atoms. The maximum atomic E-state index is 13.4. The lowest BCUT2D eigenvalue weighted by molar-refractivity contribution is -0.135. The third-order valence-electron chi connectivity index (χ3n) is 6.17. The third-order valence-corrected chi connectivity index (χ3v) is 6.17. The van der Waals surface area contributed by atoms with E-state index in [1.165, 1.54) is 12.1 Å². The Hall–Kier alpha value is -3.48. The predicted octanol–water partition coefficient (Wildman–Crippen LogP) is 4.07. The molecule has 4 rings (SSSR count). The minimum absolute atomic E-state index is 0.0864. The highest BCUT2D eigenvalue weighted by molar-refractivity contribution is 6.41. The average molecular weight is 436 g/mol. The molecule has 0 unspecified atom stereocenters. The standard InChI is InChI=1S/C25H25FN2O4/c1-15-22(20-14-18(5-8-21(20)27-15)23(29)25(31)32-2)24(30)28-11-9-17(10-12-28)13-16-3-6-19(26)7-4-16/h3-8,14,17,27H,9-13H2,1-2H3. The minimum atomic E-state index is -0.937. The number of benzene rings is 2. The number of amides is 1. The number of ether oxygens (including phenoxy) is 1. The molecule has 166 valence electrons. The second-order valence-electron chi connectivity index (χ2n) is 8.27. The van der Waals surface area contributed by atoms with Gasteiger partial charge in [-0.1, -0.05) is 12.1 Å². The molecule has 0 bridgehead atoms. The summed E-state index contributed by atoms with van der Waals surface area (Å²) in [6.07, 6.45) is 2.61. The smallest absolute Gasteiger partial charge is 0.379 e. The van der Waals surface area contributed by atoms with Crippen LogP contribution in [-0.2, 0) is 16.0 Å². The van der Waals surface area contributed by atoms with E-state index in [-0.39, 0.29) is 17.3 Å². The van der Waals surface area contributed by atoms with Gasteiger partial charge in [-0.15, -0.1) is 0 Å². The molecule has 1 N–H and O–H groups in total. The number of aromatic amines is 1. The predicted molar refractivity (Wildman–Crippen MR) is 118 cm³/mol. The Kier molecular flexibility index (Phi) is 6.08. The van der Waals surface area contributed by atoms with Crippen molar-refractivity contribution in [2.75, 3.05) is 20.2 Å². The molecule has 1 saturated heterocycles. The molecular weight excluding hydrogens is 411 g/mol. The topological polar surface area (TPSA) is 79.5 Å². The highest BCUT2D eigenvalue weighted by Gasteiger charge is 2.27. The number of nitrogens with zero attached hydrogens (tertiary/aromatic N) is 1. The van der Waals surface area contributed by atoms with Crippen molar-refractivity contribution in [2.24, 2.45) is 5.92 Å². The van der Waals surface area contributed by atoms with Gasteiger partial charge >= 0.3 is 5.97 Å². The van der Waals surface area contributed by atoms with Crippen LogP contribution in [0.25, 0.3) is 10.9 Å². The van der Waals surface area contributed by atoms with Crippen LogP contribution in [0.15, 0.2) is 42.5 Å². The number of hydrogen-bond acceptors (Lipinski definition) is 4. The van der Waals surface area contributed by atoms with Gasteiger partial charge in [-0.05, 0) is 68.0 Å². The summed E-state index contributed by atoms with van der Waals surface area (Å²) in [6.45, 7) is 3.10. The quantitative estimate of drug-likeness (QED) is 0.372. The van der Waals surface area contributed by atoms with Gasteiger partial charge in [0.05, 0.1) is 12.7 Å². The lowest BCUT2D eigenvalue weighted by atomic mass is 9.90. The lowest BCUT2D eigenvalue weighted by Crippen LogP contribution is -2.39. The molecule has 3 aromatic rings. The first-order valence-corrected chi connectivity index (χ1v) is 10.7.